The van der Waals surface area contributed by atoms with Gasteiger partial charge in [-0.2, -0.15) is 4.98 Å². The van der Waals surface area contributed by atoms with E-state index in [1.165, 1.54) is 177 Å². The molecule has 4 heterocycles. The SMILES string of the molecule is CCCCCCCCCCCCCCCCCC(=O)OC[C@H](COP(=O)(O)OCCNC(=O)CCCC(=O)N[C@H](C(=O)N[C@@H](C)C(=O)Nc1ccc(COC(=O)N(C)Cc2ccccc2C(=O)Nc2nc3c(ncn3[C@@H]3O[C@H](COP=O)[C@@H](O)[C@H]3OP(O)(=S)OC[C@H]3C[C@@H](Oc4ccncn4)C[C@@H]3OS)c(=O)[nH]2)cc1)C(C)C)OC(=O)CCCCCCCCCCCCCCCCC. The Kier molecular flexibility index (Phi) is 53.0. The maximum Gasteiger partial charge on any atom is 0.472 e. The number of amides is 6. The van der Waals surface area contributed by atoms with Crippen LogP contribution in [0.3, 0.4) is 0 Å². The van der Waals surface area contributed by atoms with Gasteiger partial charge in [-0.3, -0.25) is 71.3 Å². The molecule has 1 aliphatic heterocycles. The Morgan fingerprint density at radius 1 is 0.692 bits per heavy atom. The highest BCUT2D eigenvalue weighted by Crippen LogP contribution is 2.51. The number of hydrogen-bond donors (Lipinski definition) is 10. The molecular weight excluding hydrogens is 1820 g/mol. The summed E-state index contributed by atoms with van der Waals surface area (Å²) in [6, 6.07) is 12.1. The minimum absolute atomic E-state index is 0.0690. The highest BCUT2D eigenvalue weighted by atomic mass is 32.5. The van der Waals surface area contributed by atoms with Crippen LogP contribution in [0, 0.1) is 11.8 Å². The molecule has 1 saturated heterocycles. The lowest BCUT2D eigenvalue weighted by Crippen LogP contribution is -2.53. The Balaban J connectivity index is 0.790. The van der Waals surface area contributed by atoms with Gasteiger partial charge in [-0.25, -0.2) is 28.9 Å². The third-order valence-electron chi connectivity index (χ3n) is 23.0. The van der Waals surface area contributed by atoms with Crippen molar-refractivity contribution in [3.63, 3.8) is 0 Å². The van der Waals surface area contributed by atoms with Crippen molar-refractivity contribution in [3.05, 3.63) is 100 Å². The molecule has 1 saturated carbocycles. The van der Waals surface area contributed by atoms with Crippen LogP contribution in [0.4, 0.5) is 16.4 Å². The predicted molar refractivity (Wildman–Crippen MR) is 506 cm³/mol. The summed E-state index contributed by atoms with van der Waals surface area (Å²) in [7, 11) is -4.05. The van der Waals surface area contributed by atoms with E-state index in [1.54, 1.807) is 62.4 Å². The number of H-pyrrole nitrogens is 1. The van der Waals surface area contributed by atoms with E-state index in [0.717, 1.165) is 51.3 Å². The molecule has 0 spiro atoms. The number of carbonyl (C=O) groups excluding carboxylic acids is 8. The molecular formula is C91H141N12O25P3S2. The van der Waals surface area contributed by atoms with Crippen LogP contribution in [0.2, 0.25) is 0 Å². The largest absolute Gasteiger partial charge is 0.474 e. The van der Waals surface area contributed by atoms with Crippen molar-refractivity contribution in [2.24, 2.45) is 11.8 Å². The minimum atomic E-state index is -4.77. The van der Waals surface area contributed by atoms with Crippen LogP contribution in [0.15, 0.2) is 78.2 Å². The van der Waals surface area contributed by atoms with Gasteiger partial charge < -0.3 is 73.5 Å². The van der Waals surface area contributed by atoms with Gasteiger partial charge in [-0.05, 0) is 92.6 Å². The zero-order chi connectivity index (χ0) is 96.2. The second-order valence-corrected chi connectivity index (χ2v) is 39.2. The fourth-order valence-corrected chi connectivity index (χ4v) is 18.2. The number of nitrogens with zero attached hydrogens (tertiary/aromatic N) is 6. The number of fused-ring (bicyclic) bond motifs is 1. The number of unbranched alkanes of at least 4 members (excludes halogenated alkanes) is 28. The van der Waals surface area contributed by atoms with Crippen LogP contribution in [-0.4, -0.2) is 192 Å². The van der Waals surface area contributed by atoms with E-state index >= 15 is 0 Å². The van der Waals surface area contributed by atoms with Gasteiger partial charge in [0.2, 0.25) is 35.5 Å². The third kappa shape index (κ3) is 43.2. The van der Waals surface area contributed by atoms with Crippen LogP contribution >= 0.6 is 36.1 Å². The van der Waals surface area contributed by atoms with Crippen molar-refractivity contribution in [3.8, 4) is 5.88 Å². The second-order valence-electron chi connectivity index (χ2n) is 34.4. The van der Waals surface area contributed by atoms with E-state index in [4.69, 9.17) is 62.3 Å². The topological polar surface area (TPSA) is 486 Å². The van der Waals surface area contributed by atoms with Gasteiger partial charge in [-0.1, -0.05) is 238 Å². The molecule has 0 radical (unpaired) electrons. The number of anilines is 2. The number of carbonyl (C=O) groups is 8. The number of rotatable bonds is 70. The van der Waals surface area contributed by atoms with Crippen molar-refractivity contribution in [2.75, 3.05) is 57.3 Å². The highest BCUT2D eigenvalue weighted by molar-refractivity contribution is 8.07. The normalized spacial score (nSPS) is 18.2. The third-order valence-corrected chi connectivity index (χ3v) is 26.1. The van der Waals surface area contributed by atoms with Gasteiger partial charge in [0.1, 0.15) is 56.0 Å². The van der Waals surface area contributed by atoms with Crippen molar-refractivity contribution >= 4 is 118 Å². The fourth-order valence-electron chi connectivity index (χ4n) is 15.5. The van der Waals surface area contributed by atoms with Gasteiger partial charge in [0.05, 0.1) is 38.9 Å². The Hall–Kier alpha value is -7.84. The summed E-state index contributed by atoms with van der Waals surface area (Å²) < 4.78 is 87.0. The molecule has 37 nitrogen and oxygen atoms in total. The number of phosphoric acid groups is 1. The molecule has 9 N–H and O–H groups in total. The lowest BCUT2D eigenvalue weighted by atomic mass is 10.0. The van der Waals surface area contributed by atoms with Gasteiger partial charge in [-0.15, -0.1) is 0 Å². The summed E-state index contributed by atoms with van der Waals surface area (Å²) >= 11 is 9.48. The molecule has 742 valence electrons. The van der Waals surface area contributed by atoms with Crippen LogP contribution < -0.4 is 36.9 Å². The molecule has 5 aromatic rings. The molecule has 6 amide bonds. The Morgan fingerprint density at radius 2 is 1.29 bits per heavy atom. The first-order chi connectivity index (χ1) is 64.1. The first-order valence-electron chi connectivity index (χ1n) is 47.2. The highest BCUT2D eigenvalue weighted by Gasteiger charge is 2.50. The maximum atomic E-state index is 14.1. The first kappa shape index (κ1) is 112. The van der Waals surface area contributed by atoms with Gasteiger partial charge in [0, 0.05) is 81.7 Å². The van der Waals surface area contributed by atoms with Gasteiger partial charge in [0.15, 0.2) is 23.5 Å². The lowest BCUT2D eigenvalue weighted by molar-refractivity contribution is -0.161. The monoisotopic (exact) mass is 1960 g/mol. The zero-order valence-corrected chi connectivity index (χ0v) is 82.2. The molecule has 133 heavy (non-hydrogen) atoms. The van der Waals surface area contributed by atoms with Crippen LogP contribution in [0.1, 0.15) is 300 Å². The number of thiol groups is 1. The van der Waals surface area contributed by atoms with Gasteiger partial charge in [0.25, 0.3) is 11.5 Å². The van der Waals surface area contributed by atoms with E-state index in [-0.39, 0.29) is 93.8 Å². The summed E-state index contributed by atoms with van der Waals surface area (Å²) in [5, 5.41) is 24.8. The number of ether oxygens (including phenoxy) is 5. The van der Waals surface area contributed by atoms with E-state index < -0.39 is 157 Å². The quantitative estimate of drug-likeness (QED) is 0.00431. The summed E-state index contributed by atoms with van der Waals surface area (Å²) in [6.45, 7) is 2.49. The molecule has 2 aromatic carbocycles. The van der Waals surface area contributed by atoms with Crippen molar-refractivity contribution in [1.82, 2.24) is 50.3 Å². The van der Waals surface area contributed by atoms with Crippen molar-refractivity contribution < 1.29 is 113 Å². The van der Waals surface area contributed by atoms with Crippen molar-refractivity contribution in [1.29, 1.82) is 0 Å². The van der Waals surface area contributed by atoms with E-state index in [0.29, 0.717) is 48.4 Å². The Labute approximate surface area is 792 Å². The predicted octanol–water partition coefficient (Wildman–Crippen LogP) is 16.1. The summed E-state index contributed by atoms with van der Waals surface area (Å²) in [5.74, 6) is -4.87. The first-order valence-corrected chi connectivity index (χ1v) is 52.4. The number of esters is 2. The average molecular weight is 1960 g/mol. The molecule has 3 aromatic heterocycles. The average Bonchev–Trinajstić information content (AvgIpc) is 1.61. The lowest BCUT2D eigenvalue weighted by Gasteiger charge is -2.27. The molecule has 12 atom stereocenters. The standard InChI is InChI=1S/C91H141N12O25P3S2/c1-7-9-11-13-15-17-19-21-23-25-27-29-31-33-35-44-78(106)118-59-71(125-79(107)45-36-34-32-30-28-26-24-22-20-18-16-14-12-10-8-2)60-122-130(115,116)121-53-52-93-75(104)42-39-43-76(105)98-80(64(3)4)87(111)96-65(5)85(109)97-69-48-46-66(47-49-69)57-119-91(113)102(6)56-67-40-37-38-41-72(67)86(110)100-90-99-84-81(88(112)101-90)95-63-103(84)89-83(82(108)74(126-89)61-120-129-114)127-131(117,133)123-58-68-54-70(55-73(68)128-132)124-77-50-51-92-62-94-77/h37-38,40-41,46-51,62-65,68,70-71,73-74,80,82-83,89,108,132H,7-36,39,42-45,52-61H2,1-6H3,(H,93,104)(H,96,111)(H,97,109)(H,98,105)(H,115,116)(H,117,133)(H2,99,100,101,110,112)/t65-,68+,70+,71+,73-,74+,80-,82+,83+,89+,131?/m0/s1. The summed E-state index contributed by atoms with van der Waals surface area (Å²) in [4.78, 5) is 162. The number of phosphoric ester groups is 1. The number of imidazole rings is 1. The summed E-state index contributed by atoms with van der Waals surface area (Å²) in [5.41, 5.74) is 0.0839. The summed E-state index contributed by atoms with van der Waals surface area (Å²) in [6.07, 6.45) is 31.7. The zero-order valence-electron chi connectivity index (χ0n) is 77.8. The van der Waals surface area contributed by atoms with E-state index in [1.807, 2.05) is 0 Å². The Bertz CT molecular complexity index is 4490. The molecule has 2 fully saturated rings. The van der Waals surface area contributed by atoms with Crippen LogP contribution in [0.5, 0.6) is 5.88 Å². The van der Waals surface area contributed by atoms with Crippen LogP contribution in [-0.2, 0) is 109 Å². The van der Waals surface area contributed by atoms with Gasteiger partial charge >= 0.3 is 41.3 Å². The van der Waals surface area contributed by atoms with E-state index in [9.17, 15) is 67.2 Å². The molecule has 42 heteroatoms. The Morgan fingerprint density at radius 3 is 1.89 bits per heavy atom. The van der Waals surface area contributed by atoms with Crippen molar-refractivity contribution in [2.45, 2.75) is 340 Å². The molecule has 2 unspecified atom stereocenters. The van der Waals surface area contributed by atoms with E-state index in [2.05, 4.69) is 78.3 Å². The number of aliphatic hydroxyl groups excluding tert-OH is 1. The molecule has 2 aliphatic rings. The molecule has 7 rings (SSSR count). The molecule has 0 bridgehead atoms. The smallest absolute Gasteiger partial charge is 0.472 e. The number of aliphatic hydroxyl groups is 1. The maximum absolute atomic E-state index is 14.1. The number of hydrogen-bond acceptors (Lipinski definition) is 29. The number of aromatic amines is 1. The second kappa shape index (κ2) is 62.8. The number of aromatic nitrogens is 6. The number of nitrogens with one attached hydrogen (secondary N) is 6. The minimum Gasteiger partial charge on any atom is -0.474 e. The van der Waals surface area contributed by atoms with Crippen LogP contribution in [0.25, 0.3) is 11.2 Å². The fraction of sp³-hybridized carbons (Fsp3) is 0.681. The molecule has 1 aliphatic carbocycles. The number of benzene rings is 2.